The Morgan fingerprint density at radius 3 is 2.72 bits per heavy atom. The molecule has 0 spiro atoms. The maximum atomic E-state index is 15.6. The molecule has 4 atom stereocenters. The number of carboxylic acid groups (broad SMARTS) is 1. The van der Waals surface area contributed by atoms with Crippen molar-refractivity contribution in [2.45, 2.75) is 30.8 Å². The summed E-state index contributed by atoms with van der Waals surface area (Å²) >= 11 is 0. The first-order chi connectivity index (χ1) is 13.9. The number of morpholine rings is 1. The molecule has 2 saturated heterocycles. The van der Waals surface area contributed by atoms with Gasteiger partial charge in [0.15, 0.2) is 5.82 Å². The van der Waals surface area contributed by atoms with Gasteiger partial charge in [0.05, 0.1) is 35.7 Å². The molecule has 0 amide bonds. The molecule has 29 heavy (non-hydrogen) atoms. The minimum atomic E-state index is -1.53. The molecule has 10 heteroatoms. The van der Waals surface area contributed by atoms with Crippen molar-refractivity contribution in [2.24, 2.45) is 0 Å². The highest BCUT2D eigenvalue weighted by molar-refractivity contribution is 5.94. The molecule has 3 fully saturated rings. The lowest BCUT2D eigenvalue weighted by Gasteiger charge is -2.25. The van der Waals surface area contributed by atoms with E-state index >= 15 is 4.39 Å². The zero-order chi connectivity index (χ0) is 20.4. The van der Waals surface area contributed by atoms with Crippen LogP contribution in [0.25, 0.3) is 10.9 Å². The van der Waals surface area contributed by atoms with E-state index in [1.807, 2.05) is 0 Å². The van der Waals surface area contributed by atoms with Crippen LogP contribution in [0, 0.1) is 11.6 Å². The second-order valence-electron chi connectivity index (χ2n) is 7.70. The van der Waals surface area contributed by atoms with Gasteiger partial charge in [0, 0.05) is 32.3 Å². The van der Waals surface area contributed by atoms with Gasteiger partial charge in [0.1, 0.15) is 23.2 Å². The van der Waals surface area contributed by atoms with Crippen molar-refractivity contribution in [3.05, 3.63) is 39.7 Å². The van der Waals surface area contributed by atoms with Gasteiger partial charge in [-0.05, 0) is 6.07 Å². The van der Waals surface area contributed by atoms with Crippen molar-refractivity contribution in [1.29, 1.82) is 0 Å². The Morgan fingerprint density at radius 2 is 2.07 bits per heavy atom. The first kappa shape index (κ1) is 18.4. The molecule has 3 aliphatic rings. The Bertz CT molecular complexity index is 1070. The van der Waals surface area contributed by atoms with E-state index in [9.17, 15) is 23.5 Å². The number of rotatable bonds is 3. The highest BCUT2D eigenvalue weighted by Gasteiger charge is 2.42. The second kappa shape index (κ2) is 6.46. The fraction of sp³-hybridized carbons (Fsp3) is 0.474. The summed E-state index contributed by atoms with van der Waals surface area (Å²) in [5.41, 5.74) is -2.23. The first-order valence-corrected chi connectivity index (χ1v) is 9.41. The number of benzene rings is 1. The quantitative estimate of drug-likeness (QED) is 0.798. The maximum absolute atomic E-state index is 15.6. The molecular formula is C19H18F3N3O4. The zero-order valence-electron chi connectivity index (χ0n) is 15.2. The predicted molar refractivity (Wildman–Crippen MR) is 97.4 cm³/mol. The molecule has 154 valence electrons. The summed E-state index contributed by atoms with van der Waals surface area (Å²) in [6.45, 7) is 1.74. The number of nitrogens with one attached hydrogen (secondary N) is 1. The average molecular weight is 409 g/mol. The Labute approximate surface area is 162 Å². The largest absolute Gasteiger partial charge is 0.477 e. The Morgan fingerprint density at radius 1 is 1.31 bits per heavy atom. The Balaban J connectivity index is 1.70. The van der Waals surface area contributed by atoms with Gasteiger partial charge < -0.3 is 24.6 Å². The number of halogens is 3. The van der Waals surface area contributed by atoms with Gasteiger partial charge in [-0.2, -0.15) is 0 Å². The van der Waals surface area contributed by atoms with E-state index in [1.165, 1.54) is 4.90 Å². The summed E-state index contributed by atoms with van der Waals surface area (Å²) in [5.74, 6) is -3.49. The molecule has 0 bridgehead atoms. The number of carbonyl (C=O) groups is 1. The Kier molecular flexibility index (Phi) is 4.11. The van der Waals surface area contributed by atoms with E-state index in [-0.39, 0.29) is 36.3 Å². The van der Waals surface area contributed by atoms with Crippen LogP contribution in [0.15, 0.2) is 17.1 Å². The molecule has 1 aliphatic carbocycles. The summed E-state index contributed by atoms with van der Waals surface area (Å²) in [5, 5.41) is 12.1. The summed E-state index contributed by atoms with van der Waals surface area (Å²) < 4.78 is 51.0. The van der Waals surface area contributed by atoms with E-state index in [0.29, 0.717) is 19.7 Å². The summed E-state index contributed by atoms with van der Waals surface area (Å²) in [6, 6.07) is -0.00565. The van der Waals surface area contributed by atoms with Crippen molar-refractivity contribution in [1.82, 2.24) is 9.88 Å². The van der Waals surface area contributed by atoms with E-state index < -0.39 is 46.2 Å². The minimum Gasteiger partial charge on any atom is -0.477 e. The fourth-order valence-corrected chi connectivity index (χ4v) is 4.35. The molecule has 3 heterocycles. The molecule has 7 nitrogen and oxygen atoms in total. The van der Waals surface area contributed by atoms with Gasteiger partial charge in [-0.25, -0.2) is 18.0 Å². The van der Waals surface area contributed by atoms with Crippen LogP contribution in [0.4, 0.5) is 18.9 Å². The normalized spacial score (nSPS) is 28.6. The van der Waals surface area contributed by atoms with Gasteiger partial charge in [0.2, 0.25) is 5.43 Å². The van der Waals surface area contributed by atoms with Gasteiger partial charge in [0.25, 0.3) is 0 Å². The molecular weight excluding hydrogens is 391 g/mol. The van der Waals surface area contributed by atoms with Crippen molar-refractivity contribution >= 4 is 22.6 Å². The number of fused-ring (bicyclic) bond motifs is 2. The Hall–Kier alpha value is -2.59. The standard InChI is InChI=1S/C19H18F3N3O4/c20-10-4-13(10)25-5-9(19(27)28)18(26)8-3-11(21)17(15(22)16(8)25)24-6-12-14(7-24)29-2-1-23-12/h3,5,10,12-14,23H,1-2,4,6-7H2,(H,27,28)/t10-,12-,13+,14-/m0/s1. The monoisotopic (exact) mass is 409 g/mol. The van der Waals surface area contributed by atoms with Gasteiger partial charge in [-0.1, -0.05) is 0 Å². The molecule has 1 saturated carbocycles. The summed E-state index contributed by atoms with van der Waals surface area (Å²) in [7, 11) is 0. The van der Waals surface area contributed by atoms with Crippen LogP contribution in [-0.2, 0) is 4.74 Å². The van der Waals surface area contributed by atoms with E-state index in [1.54, 1.807) is 0 Å². The van der Waals surface area contributed by atoms with Gasteiger partial charge in [-0.15, -0.1) is 0 Å². The highest BCUT2D eigenvalue weighted by Crippen LogP contribution is 2.42. The van der Waals surface area contributed by atoms with E-state index in [0.717, 1.165) is 16.8 Å². The SMILES string of the molecule is O=C(O)c1cn([C@@H]2C[C@@H]2F)c2c(F)c(N3C[C@@H]4NCCO[C@H]4C3)c(F)cc2c1=O. The van der Waals surface area contributed by atoms with Crippen LogP contribution in [0.5, 0.6) is 0 Å². The smallest absolute Gasteiger partial charge is 0.341 e. The number of hydrogen-bond donors (Lipinski definition) is 2. The molecule has 1 aromatic carbocycles. The lowest BCUT2D eigenvalue weighted by molar-refractivity contribution is 0.0212. The minimum absolute atomic E-state index is 0.0755. The zero-order valence-corrected chi connectivity index (χ0v) is 15.2. The molecule has 0 radical (unpaired) electrons. The lowest BCUT2D eigenvalue weighted by Crippen LogP contribution is -2.47. The van der Waals surface area contributed by atoms with Crippen LogP contribution in [0.2, 0.25) is 0 Å². The first-order valence-electron chi connectivity index (χ1n) is 9.41. The van der Waals surface area contributed by atoms with Gasteiger partial charge in [-0.3, -0.25) is 4.79 Å². The van der Waals surface area contributed by atoms with E-state index in [2.05, 4.69) is 5.32 Å². The van der Waals surface area contributed by atoms with Crippen LogP contribution in [-0.4, -0.2) is 60.2 Å². The lowest BCUT2D eigenvalue weighted by atomic mass is 10.1. The van der Waals surface area contributed by atoms with Crippen LogP contribution >= 0.6 is 0 Å². The maximum Gasteiger partial charge on any atom is 0.341 e. The predicted octanol–water partition coefficient (Wildman–Crippen LogP) is 1.44. The van der Waals surface area contributed by atoms with Gasteiger partial charge >= 0.3 is 5.97 Å². The number of anilines is 1. The number of carboxylic acids is 1. The number of pyridine rings is 1. The third-order valence-electron chi connectivity index (χ3n) is 5.88. The number of nitrogens with zero attached hydrogens (tertiary/aromatic N) is 2. The number of alkyl halides is 1. The second-order valence-corrected chi connectivity index (χ2v) is 7.70. The molecule has 5 rings (SSSR count). The number of aromatic nitrogens is 1. The third-order valence-corrected chi connectivity index (χ3v) is 5.88. The van der Waals surface area contributed by atoms with Crippen LogP contribution in [0.1, 0.15) is 22.8 Å². The molecule has 2 N–H and O–H groups in total. The average Bonchev–Trinajstić information content (AvgIpc) is 3.24. The molecule has 2 aliphatic heterocycles. The number of hydrogen-bond acceptors (Lipinski definition) is 5. The van der Waals surface area contributed by atoms with Crippen molar-refractivity contribution < 1.29 is 27.8 Å². The fourth-order valence-electron chi connectivity index (χ4n) is 4.35. The number of ether oxygens (including phenoxy) is 1. The number of aromatic carboxylic acids is 1. The molecule has 0 unspecified atom stereocenters. The van der Waals surface area contributed by atoms with Crippen LogP contribution in [0.3, 0.4) is 0 Å². The summed E-state index contributed by atoms with van der Waals surface area (Å²) in [6.07, 6.45) is -0.457. The van der Waals surface area contributed by atoms with Crippen molar-refractivity contribution in [2.75, 3.05) is 31.1 Å². The third kappa shape index (κ3) is 2.81. The van der Waals surface area contributed by atoms with E-state index in [4.69, 9.17) is 4.74 Å². The highest BCUT2D eigenvalue weighted by atomic mass is 19.1. The van der Waals surface area contributed by atoms with Crippen LogP contribution < -0.4 is 15.6 Å². The summed E-state index contributed by atoms with van der Waals surface area (Å²) in [4.78, 5) is 25.4. The molecule has 1 aromatic heterocycles. The topological polar surface area (TPSA) is 83.8 Å². The van der Waals surface area contributed by atoms with Crippen molar-refractivity contribution in [3.63, 3.8) is 0 Å². The molecule has 2 aromatic rings. The van der Waals surface area contributed by atoms with Crippen molar-refractivity contribution in [3.8, 4) is 0 Å².